The highest BCUT2D eigenvalue weighted by Crippen LogP contribution is 2.29. The van der Waals surface area contributed by atoms with Gasteiger partial charge in [0, 0.05) is 0 Å². The zero-order valence-electron chi connectivity index (χ0n) is 12.3. The Hall–Kier alpha value is -3.03. The molecule has 0 fully saturated rings. The second kappa shape index (κ2) is 5.99. The van der Waals surface area contributed by atoms with Gasteiger partial charge in [-0.15, -0.1) is 0 Å². The van der Waals surface area contributed by atoms with E-state index < -0.39 is 16.5 Å². The molecule has 0 unspecified atom stereocenters. The van der Waals surface area contributed by atoms with Crippen LogP contribution in [0, 0.1) is 5.21 Å². The van der Waals surface area contributed by atoms with Crippen molar-refractivity contribution in [3.05, 3.63) is 76.2 Å². The molecule has 0 amide bonds. The Bertz CT molecular complexity index is 854. The highest BCUT2D eigenvalue weighted by Gasteiger charge is 2.23. The van der Waals surface area contributed by atoms with Gasteiger partial charge in [0.2, 0.25) is 5.88 Å². The van der Waals surface area contributed by atoms with Crippen LogP contribution in [0.5, 0.6) is 5.88 Å². The maximum Gasteiger partial charge on any atom is 0.300 e. The average molecular weight is 312 g/mol. The summed E-state index contributed by atoms with van der Waals surface area (Å²) in [6, 6.07) is 17.7. The monoisotopic (exact) mass is 312 g/mol. The van der Waals surface area contributed by atoms with Crippen molar-refractivity contribution in [2.75, 3.05) is 12.3 Å². The summed E-state index contributed by atoms with van der Waals surface area (Å²) in [5.41, 5.74) is -0.0271. The Morgan fingerprint density at radius 3 is 1.87 bits per heavy atom. The van der Waals surface area contributed by atoms with Crippen molar-refractivity contribution in [3.63, 3.8) is 0 Å². The van der Waals surface area contributed by atoms with Crippen molar-refractivity contribution in [2.45, 2.75) is 0 Å². The van der Waals surface area contributed by atoms with Gasteiger partial charge in [0.1, 0.15) is 0 Å². The van der Waals surface area contributed by atoms with Crippen molar-refractivity contribution < 1.29 is 9.94 Å². The molecule has 2 aromatic carbocycles. The number of hydrogen-bond donors (Lipinski definition) is 1. The van der Waals surface area contributed by atoms with E-state index in [9.17, 15) is 15.2 Å². The summed E-state index contributed by atoms with van der Waals surface area (Å²) in [7, 11) is 1.33. The third-order valence-electron chi connectivity index (χ3n) is 3.38. The van der Waals surface area contributed by atoms with E-state index in [2.05, 4.69) is 0 Å². The number of anilines is 1. The summed E-state index contributed by atoms with van der Waals surface area (Å²) in [5.74, 6) is -0.0532. The van der Waals surface area contributed by atoms with Crippen LogP contribution in [-0.4, -0.2) is 21.7 Å². The standard InChI is InChI=1S/C16H14N3O4/c1-23-16-14(19(21)22)15(20)17(12-8-4-2-5-9-12)18(16)13-10-6-3-7-11-13/h2-11,21H,1H3/q-1. The van der Waals surface area contributed by atoms with Gasteiger partial charge in [-0.3, -0.25) is 10.0 Å². The highest BCUT2D eigenvalue weighted by molar-refractivity contribution is 5.58. The van der Waals surface area contributed by atoms with Crippen molar-refractivity contribution in [1.29, 1.82) is 0 Å². The lowest BCUT2D eigenvalue weighted by atomic mass is 10.3. The normalized spacial score (nSPS) is 10.6. The van der Waals surface area contributed by atoms with Crippen LogP contribution in [0.3, 0.4) is 0 Å². The van der Waals surface area contributed by atoms with Crippen LogP contribution in [0.4, 0.5) is 5.69 Å². The molecule has 0 aliphatic rings. The maximum absolute atomic E-state index is 12.6. The topological polar surface area (TPSA) is 82.7 Å². The van der Waals surface area contributed by atoms with E-state index in [0.29, 0.717) is 11.4 Å². The molecule has 7 heteroatoms. The molecule has 0 radical (unpaired) electrons. The van der Waals surface area contributed by atoms with Gasteiger partial charge in [-0.2, -0.15) is 0 Å². The molecule has 0 spiro atoms. The molecule has 1 heterocycles. The predicted octanol–water partition coefficient (Wildman–Crippen LogP) is 2.33. The minimum absolute atomic E-state index is 0.0532. The zero-order chi connectivity index (χ0) is 16.4. The molecule has 0 saturated carbocycles. The van der Waals surface area contributed by atoms with Crippen LogP contribution in [0.25, 0.3) is 11.4 Å². The lowest BCUT2D eigenvalue weighted by Gasteiger charge is -2.19. The minimum Gasteiger partial charge on any atom is -0.733 e. The molecule has 0 aliphatic heterocycles. The van der Waals surface area contributed by atoms with E-state index >= 15 is 0 Å². The van der Waals surface area contributed by atoms with Gasteiger partial charge in [-0.1, -0.05) is 36.4 Å². The molecule has 1 N–H and O–H groups in total. The fraction of sp³-hybridized carbons (Fsp3) is 0.0625. The molecule has 0 atom stereocenters. The van der Waals surface area contributed by atoms with Crippen LogP contribution in [0.15, 0.2) is 65.5 Å². The van der Waals surface area contributed by atoms with Crippen LogP contribution >= 0.6 is 0 Å². The van der Waals surface area contributed by atoms with Crippen LogP contribution in [0.2, 0.25) is 0 Å². The maximum atomic E-state index is 12.6. The second-order valence-corrected chi connectivity index (χ2v) is 4.73. The second-order valence-electron chi connectivity index (χ2n) is 4.73. The number of nitrogens with zero attached hydrogens (tertiary/aromatic N) is 3. The quantitative estimate of drug-likeness (QED) is 0.748. The van der Waals surface area contributed by atoms with Gasteiger partial charge in [-0.25, -0.2) is 9.36 Å². The van der Waals surface area contributed by atoms with E-state index in [1.807, 2.05) is 12.1 Å². The van der Waals surface area contributed by atoms with Gasteiger partial charge in [-0.05, 0) is 24.3 Å². The number of hydrogen-bond acceptors (Lipinski definition) is 5. The lowest BCUT2D eigenvalue weighted by molar-refractivity contribution is 0.288. The van der Waals surface area contributed by atoms with Crippen LogP contribution in [-0.2, 0) is 0 Å². The molecular weight excluding hydrogens is 298 g/mol. The fourth-order valence-corrected chi connectivity index (χ4v) is 2.42. The number of para-hydroxylation sites is 2. The average Bonchev–Trinajstić information content (AvgIpc) is 2.89. The molecule has 3 rings (SSSR count). The molecule has 1 aromatic heterocycles. The molecule has 3 aromatic rings. The predicted molar refractivity (Wildman–Crippen MR) is 85.6 cm³/mol. The first-order chi connectivity index (χ1) is 11.1. The van der Waals surface area contributed by atoms with Gasteiger partial charge in [0.25, 0.3) is 0 Å². The number of aromatic nitrogens is 2. The number of ether oxygens (including phenoxy) is 1. The zero-order valence-corrected chi connectivity index (χ0v) is 12.3. The lowest BCUT2D eigenvalue weighted by Crippen LogP contribution is -2.23. The van der Waals surface area contributed by atoms with Gasteiger partial charge in [0.05, 0.1) is 18.5 Å². The smallest absolute Gasteiger partial charge is 0.300 e. The van der Waals surface area contributed by atoms with Crippen molar-refractivity contribution in [3.8, 4) is 17.3 Å². The van der Waals surface area contributed by atoms with Gasteiger partial charge in [0.15, 0.2) is 5.69 Å². The van der Waals surface area contributed by atoms with E-state index in [1.54, 1.807) is 48.5 Å². The third-order valence-corrected chi connectivity index (χ3v) is 3.38. The van der Waals surface area contributed by atoms with Crippen LogP contribution < -0.4 is 15.5 Å². The van der Waals surface area contributed by atoms with Gasteiger partial charge < -0.3 is 15.2 Å². The van der Waals surface area contributed by atoms with E-state index in [0.717, 1.165) is 0 Å². The molecule has 0 saturated heterocycles. The van der Waals surface area contributed by atoms with E-state index in [1.165, 1.54) is 16.5 Å². The molecular formula is C16H14N3O4-. The highest BCUT2D eigenvalue weighted by atomic mass is 16.8. The Balaban J connectivity index is 2.41. The number of benzene rings is 2. The largest absolute Gasteiger partial charge is 0.733 e. The fourth-order valence-electron chi connectivity index (χ4n) is 2.42. The van der Waals surface area contributed by atoms with Crippen molar-refractivity contribution in [1.82, 2.24) is 9.36 Å². The molecule has 0 aliphatic carbocycles. The van der Waals surface area contributed by atoms with Crippen molar-refractivity contribution in [2.24, 2.45) is 0 Å². The summed E-state index contributed by atoms with van der Waals surface area (Å²) in [6.45, 7) is 0. The first kappa shape index (κ1) is 14.9. The van der Waals surface area contributed by atoms with E-state index in [-0.39, 0.29) is 5.88 Å². The molecule has 0 bridgehead atoms. The summed E-state index contributed by atoms with van der Waals surface area (Å²) < 4.78 is 7.92. The van der Waals surface area contributed by atoms with Crippen molar-refractivity contribution >= 4 is 5.69 Å². The Morgan fingerprint density at radius 1 is 0.957 bits per heavy atom. The summed E-state index contributed by atoms with van der Waals surface area (Å²) >= 11 is 0. The summed E-state index contributed by atoms with van der Waals surface area (Å²) in [4.78, 5) is 12.6. The number of rotatable bonds is 4. The Kier molecular flexibility index (Phi) is 3.88. The Morgan fingerprint density at radius 2 is 1.43 bits per heavy atom. The first-order valence-electron chi connectivity index (χ1n) is 6.84. The number of methoxy groups -OCH3 is 1. The van der Waals surface area contributed by atoms with Crippen LogP contribution in [0.1, 0.15) is 0 Å². The first-order valence-corrected chi connectivity index (χ1v) is 6.84. The molecule has 23 heavy (non-hydrogen) atoms. The Labute approximate surface area is 131 Å². The molecule has 118 valence electrons. The SMILES string of the molecule is COc1c(N([O-])O)c(=O)n(-c2ccccc2)n1-c1ccccc1. The minimum atomic E-state index is -0.686. The van der Waals surface area contributed by atoms with Gasteiger partial charge >= 0.3 is 5.56 Å². The summed E-state index contributed by atoms with van der Waals surface area (Å²) in [5, 5.41) is 20.3. The summed E-state index contributed by atoms with van der Waals surface area (Å²) in [6.07, 6.45) is 0. The molecule has 7 nitrogen and oxygen atoms in total. The third kappa shape index (κ3) is 2.48. The van der Waals surface area contributed by atoms with E-state index in [4.69, 9.17) is 4.74 Å².